The van der Waals surface area contributed by atoms with Gasteiger partial charge in [0.25, 0.3) is 0 Å². The number of benzene rings is 22. The average Bonchev–Trinajstić information content (AvgIpc) is 1.53. The molecular weight excluding hydrogens is 1540 g/mol. The van der Waals surface area contributed by atoms with Crippen LogP contribution >= 0.6 is 0 Å². The van der Waals surface area contributed by atoms with Crippen LogP contribution in [0.5, 0.6) is 0 Å². The Balaban J connectivity index is 0.0000000979. The fraction of sp³-hybridized carbons (Fsp3) is 0. The second kappa shape index (κ2) is 26.7. The Morgan fingerprint density at radius 3 is 0.732 bits per heavy atom. The molecule has 8 heterocycles. The first-order chi connectivity index (χ1) is 63.0. The summed E-state index contributed by atoms with van der Waals surface area (Å²) < 4.78 is 7.44. The minimum absolute atomic E-state index is 0.657. The molecule has 0 amide bonds. The highest BCUT2D eigenvalue weighted by Gasteiger charge is 2.28. The highest BCUT2D eigenvalue weighted by Crippen LogP contribution is 2.52. The molecule has 8 aromatic heterocycles. The van der Waals surface area contributed by atoms with Crippen molar-refractivity contribution in [3.05, 3.63) is 406 Å². The van der Waals surface area contributed by atoms with Crippen LogP contribution in [0, 0.1) is 0 Å². The Labute approximate surface area is 724 Å². The maximum Gasteiger partial charge on any atom is 0.164 e. The molecule has 22 aromatic carbocycles. The number of hydrogen-bond acceptors (Lipinski definition) is 6. The van der Waals surface area contributed by atoms with E-state index in [2.05, 4.69) is 298 Å². The van der Waals surface area contributed by atoms with Crippen LogP contribution in [0.2, 0.25) is 0 Å². The summed E-state index contributed by atoms with van der Waals surface area (Å²) in [5.74, 6) is 3.99. The zero-order chi connectivity index (χ0) is 82.8. The third-order valence-corrected chi connectivity index (χ3v) is 27.1. The lowest BCUT2D eigenvalue weighted by Crippen LogP contribution is -2.00. The van der Waals surface area contributed by atoms with E-state index in [1.807, 2.05) is 121 Å². The highest BCUT2D eigenvalue weighted by molar-refractivity contribution is 6.42. The van der Waals surface area contributed by atoms with Crippen LogP contribution in [0.1, 0.15) is 0 Å². The minimum Gasteiger partial charge on any atom is -0.308 e. The molecule has 0 saturated heterocycles. The normalized spacial score (nSPS) is 12.3. The molecule has 0 aliphatic rings. The molecule has 9 heteroatoms. The van der Waals surface area contributed by atoms with Gasteiger partial charge in [-0.25, -0.2) is 29.9 Å². The highest BCUT2D eigenvalue weighted by atomic mass is 15.0. The van der Waals surface area contributed by atoms with Gasteiger partial charge in [0.2, 0.25) is 0 Å². The monoisotopic (exact) mass is 1610 g/mol. The van der Waals surface area contributed by atoms with E-state index in [4.69, 9.17) is 29.9 Å². The minimum atomic E-state index is 0.657. The summed E-state index contributed by atoms with van der Waals surface area (Å²) in [7, 11) is 0. The third-order valence-electron chi connectivity index (χ3n) is 27.1. The van der Waals surface area contributed by atoms with Crippen LogP contribution in [0.3, 0.4) is 0 Å². The van der Waals surface area contributed by atoms with Gasteiger partial charge in [0.05, 0.1) is 49.7 Å². The number of rotatable bonds is 8. The quantitative estimate of drug-likeness (QED) is 0.141. The summed E-state index contributed by atoms with van der Waals surface area (Å²) in [5.41, 5.74) is 22.1. The molecule has 0 spiro atoms. The summed E-state index contributed by atoms with van der Waals surface area (Å²) in [4.78, 5) is 29.5. The lowest BCUT2D eigenvalue weighted by molar-refractivity contribution is 1.07. The summed E-state index contributed by atoms with van der Waals surface area (Å²) in [6.45, 7) is 0. The standard InChI is InChI=1S/C45H26N4.C39H22N4.C34H19N/c1-3-10-28(11-4-1)43-46-44(29-12-5-2-6-13-29)48-45(47-43)30-20-18-27(19-21-30)31-22-25-38-37(26-31)36-24-23-35-33-15-8-7-14-32(33)34-16-9-17-39-40(34)41(35)42(36)49(38)39;1-3-10-23(11-4-1)37-40-38(24-12-5-2-6-13-24)42-39(41-37)25-18-21-32-31(22-25)30-20-19-29-27-15-8-7-14-26(27)28-16-9-17-33-34(28)35(29)36(30)43(32)33;1-2-7-21-18-22(13-12-20(21)6-1)23-14-17-30-29(19-23)28-16-15-27-25-9-4-3-8-24(25)26-10-5-11-31-32(26)33(27)34(28)35(30)31/h1-26H;1-22H;1-19H. The molecule has 0 saturated carbocycles. The van der Waals surface area contributed by atoms with Gasteiger partial charge in [0.1, 0.15) is 0 Å². The summed E-state index contributed by atoms with van der Waals surface area (Å²) in [6, 6.07) is 146. The van der Waals surface area contributed by atoms with E-state index in [0.717, 1.165) is 38.9 Å². The first-order valence-corrected chi connectivity index (χ1v) is 43.4. The Morgan fingerprint density at radius 2 is 0.370 bits per heavy atom. The van der Waals surface area contributed by atoms with Crippen LogP contribution in [-0.4, -0.2) is 43.1 Å². The van der Waals surface area contributed by atoms with Crippen LogP contribution in [0.4, 0.5) is 0 Å². The van der Waals surface area contributed by atoms with Crippen LogP contribution in [0.25, 0.3) is 280 Å². The molecule has 0 N–H and O–H groups in total. The lowest BCUT2D eigenvalue weighted by atomic mass is 9.93. The van der Waals surface area contributed by atoms with Crippen molar-refractivity contribution in [2.75, 3.05) is 0 Å². The van der Waals surface area contributed by atoms with Crippen molar-refractivity contribution in [2.24, 2.45) is 0 Å². The van der Waals surface area contributed by atoms with Crippen molar-refractivity contribution in [2.45, 2.75) is 0 Å². The summed E-state index contributed by atoms with van der Waals surface area (Å²) in [6.07, 6.45) is 0. The van der Waals surface area contributed by atoms with Gasteiger partial charge in [-0.2, -0.15) is 0 Å². The van der Waals surface area contributed by atoms with Crippen molar-refractivity contribution in [3.8, 4) is 90.6 Å². The molecule has 9 nitrogen and oxygen atoms in total. The molecule has 0 bridgehead atoms. The number of fused-ring (bicyclic) bond motifs is 22. The van der Waals surface area contributed by atoms with Crippen molar-refractivity contribution >= 4 is 190 Å². The Bertz CT molecular complexity index is 9590. The van der Waals surface area contributed by atoms with Gasteiger partial charge in [-0.1, -0.05) is 340 Å². The summed E-state index contributed by atoms with van der Waals surface area (Å²) in [5, 5.41) is 34.3. The second-order valence-electron chi connectivity index (χ2n) is 33.8. The van der Waals surface area contributed by atoms with E-state index < -0.39 is 0 Å². The molecule has 127 heavy (non-hydrogen) atoms. The van der Waals surface area contributed by atoms with E-state index in [-0.39, 0.29) is 0 Å². The number of hydrogen-bond donors (Lipinski definition) is 0. The van der Waals surface area contributed by atoms with Gasteiger partial charge in [0, 0.05) is 98.0 Å². The molecule has 0 unspecified atom stereocenters. The average molecular weight is 1610 g/mol. The maximum absolute atomic E-state index is 4.99. The van der Waals surface area contributed by atoms with Gasteiger partial charge in [0.15, 0.2) is 34.9 Å². The topological polar surface area (TPSA) is 90.6 Å². The smallest absolute Gasteiger partial charge is 0.164 e. The van der Waals surface area contributed by atoms with Crippen LogP contribution < -0.4 is 0 Å². The van der Waals surface area contributed by atoms with Gasteiger partial charge in [-0.3, -0.25) is 0 Å². The molecule has 30 aromatic rings. The van der Waals surface area contributed by atoms with Crippen molar-refractivity contribution in [1.82, 2.24) is 43.1 Å². The van der Waals surface area contributed by atoms with Gasteiger partial charge < -0.3 is 13.2 Å². The fourth-order valence-corrected chi connectivity index (χ4v) is 21.6. The Kier molecular flexibility index (Phi) is 14.6. The SMILES string of the molecule is c1ccc(-c2nc(-c3ccccc3)nc(-c3ccc(-c4ccc5c(c4)c4ccc6c7ccccc7c7cccc8c7c6c4n58)cc3)n2)cc1.c1ccc(-c2nc(-c3ccccc3)nc(-c3ccc4c(c3)c3ccc5c6ccccc6c6cccc7c6c5c3n47)n2)cc1.c1ccc2cc(-c3ccc4c(c3)c3ccc5c6ccccc6c6cccc7c6c5c3n47)ccc2c1. The van der Waals surface area contributed by atoms with E-state index in [1.54, 1.807) is 0 Å². The van der Waals surface area contributed by atoms with E-state index in [1.165, 1.54) is 206 Å². The number of aromatic nitrogens is 9. The molecule has 0 fully saturated rings. The first-order valence-electron chi connectivity index (χ1n) is 43.4. The van der Waals surface area contributed by atoms with Gasteiger partial charge >= 0.3 is 0 Å². The molecule has 0 aliphatic heterocycles. The molecule has 0 atom stereocenters. The Hall–Kier alpha value is -17.1. The van der Waals surface area contributed by atoms with Gasteiger partial charge in [-0.15, -0.1) is 0 Å². The largest absolute Gasteiger partial charge is 0.308 e. The molecule has 0 aliphatic carbocycles. The maximum atomic E-state index is 4.99. The molecule has 0 radical (unpaired) electrons. The van der Waals surface area contributed by atoms with Crippen LogP contribution in [0.15, 0.2) is 406 Å². The second-order valence-corrected chi connectivity index (χ2v) is 33.8. The van der Waals surface area contributed by atoms with Crippen LogP contribution in [-0.2, 0) is 0 Å². The van der Waals surface area contributed by atoms with E-state index in [9.17, 15) is 0 Å². The zero-order valence-corrected chi connectivity index (χ0v) is 68.2. The lowest BCUT2D eigenvalue weighted by Gasteiger charge is -2.10. The molecular formula is C118H67N9. The zero-order valence-electron chi connectivity index (χ0n) is 68.2. The number of nitrogens with zero attached hydrogens (tertiary/aromatic N) is 9. The predicted octanol–water partition coefficient (Wildman–Crippen LogP) is 30.6. The van der Waals surface area contributed by atoms with E-state index in [0.29, 0.717) is 34.9 Å². The van der Waals surface area contributed by atoms with E-state index >= 15 is 0 Å². The molecule has 584 valence electrons. The van der Waals surface area contributed by atoms with Crippen molar-refractivity contribution in [1.29, 1.82) is 0 Å². The fourth-order valence-electron chi connectivity index (χ4n) is 21.6. The Morgan fingerprint density at radius 1 is 0.126 bits per heavy atom. The first kappa shape index (κ1) is 69.5. The van der Waals surface area contributed by atoms with Crippen molar-refractivity contribution in [3.63, 3.8) is 0 Å². The third kappa shape index (κ3) is 10.2. The predicted molar refractivity (Wildman–Crippen MR) is 530 cm³/mol. The van der Waals surface area contributed by atoms with Gasteiger partial charge in [-0.05, 0) is 164 Å². The molecule has 30 rings (SSSR count). The van der Waals surface area contributed by atoms with Crippen molar-refractivity contribution < 1.29 is 0 Å². The summed E-state index contributed by atoms with van der Waals surface area (Å²) >= 11 is 0.